The van der Waals surface area contributed by atoms with Crippen LogP contribution in [0.4, 0.5) is 0 Å². The van der Waals surface area contributed by atoms with Gasteiger partial charge in [0.25, 0.3) is 0 Å². The average molecular weight is 245 g/mol. The quantitative estimate of drug-likeness (QED) is 0.866. The zero-order chi connectivity index (χ0) is 12.3. The highest BCUT2D eigenvalue weighted by Gasteiger charge is 2.16. The normalized spacial score (nSPS) is 12.8. The topological polar surface area (TPSA) is 55.1 Å². The Hall–Kier alpha value is -1.03. The highest BCUT2D eigenvalue weighted by Crippen LogP contribution is 2.23. The van der Waals surface area contributed by atoms with Crippen LogP contribution in [0, 0.1) is 12.8 Å². The van der Waals surface area contributed by atoms with Gasteiger partial charge < -0.3 is 5.11 Å². The Labute approximate surface area is 100 Å². The molecule has 0 aliphatic rings. The molecule has 0 aromatic carbocycles. The van der Waals surface area contributed by atoms with E-state index >= 15 is 0 Å². The second-order valence-electron chi connectivity index (χ2n) is 4.07. The van der Waals surface area contributed by atoms with Crippen LogP contribution in [-0.4, -0.2) is 20.9 Å². The summed E-state index contributed by atoms with van der Waals surface area (Å²) in [4.78, 5) is 10.6. The summed E-state index contributed by atoms with van der Waals surface area (Å²) in [7, 11) is 0. The van der Waals surface area contributed by atoms with Gasteiger partial charge in [0.2, 0.25) is 0 Å². The SMILES string of the molecule is CCn1nc(C)c(Cl)c1CC(C)CC(=O)O. The monoisotopic (exact) mass is 244 g/mol. The van der Waals surface area contributed by atoms with Crippen LogP contribution >= 0.6 is 11.6 Å². The van der Waals surface area contributed by atoms with Gasteiger partial charge in [-0.05, 0) is 26.2 Å². The van der Waals surface area contributed by atoms with Gasteiger partial charge in [-0.1, -0.05) is 18.5 Å². The van der Waals surface area contributed by atoms with Crippen molar-refractivity contribution in [3.8, 4) is 0 Å². The average Bonchev–Trinajstić information content (AvgIpc) is 2.44. The first-order chi connectivity index (χ1) is 7.45. The van der Waals surface area contributed by atoms with Crippen LogP contribution in [0.5, 0.6) is 0 Å². The summed E-state index contributed by atoms with van der Waals surface area (Å²) in [5.74, 6) is -0.709. The molecule has 5 heteroatoms. The Morgan fingerprint density at radius 1 is 1.62 bits per heavy atom. The van der Waals surface area contributed by atoms with Crippen LogP contribution < -0.4 is 0 Å². The van der Waals surface area contributed by atoms with E-state index in [-0.39, 0.29) is 12.3 Å². The van der Waals surface area contributed by atoms with E-state index in [1.54, 1.807) is 0 Å². The van der Waals surface area contributed by atoms with Crippen LogP contribution in [0.15, 0.2) is 0 Å². The van der Waals surface area contributed by atoms with E-state index in [1.807, 2.05) is 25.5 Å². The van der Waals surface area contributed by atoms with Gasteiger partial charge in [-0.3, -0.25) is 9.48 Å². The summed E-state index contributed by atoms with van der Waals surface area (Å²) in [5, 5.41) is 13.7. The maximum atomic E-state index is 10.6. The molecule has 16 heavy (non-hydrogen) atoms. The van der Waals surface area contributed by atoms with Gasteiger partial charge in [-0.2, -0.15) is 5.10 Å². The molecule has 0 bridgehead atoms. The number of nitrogens with zero attached hydrogens (tertiary/aromatic N) is 2. The molecular formula is C11H17ClN2O2. The number of hydrogen-bond donors (Lipinski definition) is 1. The molecule has 4 nitrogen and oxygen atoms in total. The van der Waals surface area contributed by atoms with Crippen LogP contribution in [0.1, 0.15) is 31.7 Å². The van der Waals surface area contributed by atoms with Crippen molar-refractivity contribution in [1.82, 2.24) is 9.78 Å². The third-order valence-corrected chi connectivity index (χ3v) is 3.01. The minimum atomic E-state index is -0.775. The van der Waals surface area contributed by atoms with Gasteiger partial charge in [0.1, 0.15) is 0 Å². The van der Waals surface area contributed by atoms with E-state index in [2.05, 4.69) is 5.10 Å². The molecule has 1 N–H and O–H groups in total. The van der Waals surface area contributed by atoms with E-state index in [4.69, 9.17) is 16.7 Å². The molecule has 0 saturated carbocycles. The minimum absolute atomic E-state index is 0.0661. The maximum absolute atomic E-state index is 10.6. The van der Waals surface area contributed by atoms with Crippen molar-refractivity contribution < 1.29 is 9.90 Å². The molecule has 0 radical (unpaired) electrons. The van der Waals surface area contributed by atoms with E-state index in [1.165, 1.54) is 0 Å². The molecule has 0 aliphatic heterocycles. The molecule has 90 valence electrons. The number of hydrogen-bond acceptors (Lipinski definition) is 2. The molecule has 0 amide bonds. The molecule has 1 heterocycles. The zero-order valence-electron chi connectivity index (χ0n) is 9.83. The third kappa shape index (κ3) is 2.98. The van der Waals surface area contributed by atoms with Gasteiger partial charge in [0.15, 0.2) is 0 Å². The second kappa shape index (κ2) is 5.34. The fraction of sp³-hybridized carbons (Fsp3) is 0.636. The van der Waals surface area contributed by atoms with Crippen molar-refractivity contribution >= 4 is 17.6 Å². The minimum Gasteiger partial charge on any atom is -0.481 e. The van der Waals surface area contributed by atoms with E-state index < -0.39 is 5.97 Å². The van der Waals surface area contributed by atoms with Gasteiger partial charge in [0, 0.05) is 13.0 Å². The number of rotatable bonds is 5. The highest BCUT2D eigenvalue weighted by molar-refractivity contribution is 6.31. The number of halogens is 1. The second-order valence-corrected chi connectivity index (χ2v) is 4.45. The van der Waals surface area contributed by atoms with Crippen LogP contribution in [0.2, 0.25) is 5.02 Å². The predicted octanol–water partition coefficient (Wildman–Crippen LogP) is 2.52. The number of aromatic nitrogens is 2. The van der Waals surface area contributed by atoms with Crippen LogP contribution in [-0.2, 0) is 17.8 Å². The largest absolute Gasteiger partial charge is 0.481 e. The predicted molar refractivity (Wildman–Crippen MR) is 62.8 cm³/mol. The number of carbonyl (C=O) groups is 1. The van der Waals surface area contributed by atoms with Gasteiger partial charge in [-0.15, -0.1) is 0 Å². The Kier molecular flexibility index (Phi) is 4.35. The van der Waals surface area contributed by atoms with E-state index in [0.717, 1.165) is 17.9 Å². The molecule has 1 rings (SSSR count). The van der Waals surface area contributed by atoms with Crippen molar-refractivity contribution in [2.75, 3.05) is 0 Å². The van der Waals surface area contributed by atoms with E-state index in [9.17, 15) is 4.79 Å². The van der Waals surface area contributed by atoms with Crippen molar-refractivity contribution in [2.24, 2.45) is 5.92 Å². The molecule has 0 spiro atoms. The Bertz CT molecular complexity index is 388. The smallest absolute Gasteiger partial charge is 0.303 e. The summed E-state index contributed by atoms with van der Waals surface area (Å²) in [6.45, 7) is 6.52. The Morgan fingerprint density at radius 3 is 2.75 bits per heavy atom. The molecule has 1 aromatic heterocycles. The zero-order valence-corrected chi connectivity index (χ0v) is 10.6. The van der Waals surface area contributed by atoms with Gasteiger partial charge in [-0.25, -0.2) is 0 Å². The lowest BCUT2D eigenvalue weighted by Gasteiger charge is -2.10. The van der Waals surface area contributed by atoms with Gasteiger partial charge >= 0.3 is 5.97 Å². The summed E-state index contributed by atoms with van der Waals surface area (Å²) >= 11 is 6.14. The van der Waals surface area contributed by atoms with Crippen LogP contribution in [0.25, 0.3) is 0 Å². The summed E-state index contributed by atoms with van der Waals surface area (Å²) in [5.41, 5.74) is 1.75. The molecule has 0 saturated heterocycles. The summed E-state index contributed by atoms with van der Waals surface area (Å²) in [6.07, 6.45) is 0.810. The lowest BCUT2D eigenvalue weighted by Crippen LogP contribution is -2.11. The summed E-state index contributed by atoms with van der Waals surface area (Å²) in [6, 6.07) is 0. The number of carboxylic acids is 1. The first-order valence-electron chi connectivity index (χ1n) is 5.39. The maximum Gasteiger partial charge on any atom is 0.303 e. The Balaban J connectivity index is 2.83. The highest BCUT2D eigenvalue weighted by atomic mass is 35.5. The third-order valence-electron chi connectivity index (χ3n) is 2.52. The van der Waals surface area contributed by atoms with Crippen molar-refractivity contribution in [3.05, 3.63) is 16.4 Å². The van der Waals surface area contributed by atoms with Crippen molar-refractivity contribution in [3.63, 3.8) is 0 Å². The molecule has 1 aromatic rings. The van der Waals surface area contributed by atoms with Crippen molar-refractivity contribution in [1.29, 1.82) is 0 Å². The lowest BCUT2D eigenvalue weighted by molar-refractivity contribution is -0.137. The molecule has 0 fully saturated rings. The first kappa shape index (κ1) is 13.0. The Morgan fingerprint density at radius 2 is 2.25 bits per heavy atom. The fourth-order valence-electron chi connectivity index (χ4n) is 1.76. The molecule has 1 unspecified atom stereocenters. The fourth-order valence-corrected chi connectivity index (χ4v) is 1.98. The lowest BCUT2D eigenvalue weighted by atomic mass is 10.0. The molecule has 0 aliphatic carbocycles. The number of aryl methyl sites for hydroxylation is 2. The first-order valence-corrected chi connectivity index (χ1v) is 5.77. The van der Waals surface area contributed by atoms with E-state index in [0.29, 0.717) is 11.4 Å². The molecule has 1 atom stereocenters. The van der Waals surface area contributed by atoms with Gasteiger partial charge in [0.05, 0.1) is 16.4 Å². The summed E-state index contributed by atoms with van der Waals surface area (Å²) < 4.78 is 1.84. The number of carboxylic acid groups (broad SMARTS) is 1. The molecular weight excluding hydrogens is 228 g/mol. The van der Waals surface area contributed by atoms with Crippen LogP contribution in [0.3, 0.4) is 0 Å². The standard InChI is InChI=1S/C11H17ClN2O2/c1-4-14-9(11(12)8(3)13-14)5-7(2)6-10(15)16/h7H,4-6H2,1-3H3,(H,15,16). The van der Waals surface area contributed by atoms with Crippen molar-refractivity contribution in [2.45, 2.75) is 40.2 Å². The number of aliphatic carboxylic acids is 1.